The van der Waals surface area contributed by atoms with Crippen LogP contribution in [0.25, 0.3) is 10.9 Å². The lowest BCUT2D eigenvalue weighted by Crippen LogP contribution is -2.34. The van der Waals surface area contributed by atoms with Crippen LogP contribution in [0.15, 0.2) is 36.0 Å². The first-order chi connectivity index (χ1) is 12.5. The van der Waals surface area contributed by atoms with Crippen LogP contribution >= 0.6 is 11.3 Å². The standard InChI is InChI=1S/C17H16FN3O4S/c18-8-3-1-7(2-4-8)11(22)14-12(23)13(24)15(25-14)16-10-9(5-26-16)17(19)21-6-20-10/h1-6,11-15,22-24H,(H2,19,20,21). The maximum absolute atomic E-state index is 13.1. The number of anilines is 1. The van der Waals surface area contributed by atoms with E-state index >= 15 is 0 Å². The first-order valence-electron chi connectivity index (χ1n) is 7.90. The van der Waals surface area contributed by atoms with Crippen LogP contribution in [0.2, 0.25) is 0 Å². The number of hydrogen-bond acceptors (Lipinski definition) is 8. The monoisotopic (exact) mass is 377 g/mol. The predicted molar refractivity (Wildman–Crippen MR) is 92.8 cm³/mol. The van der Waals surface area contributed by atoms with Crippen LogP contribution in [-0.4, -0.2) is 43.6 Å². The molecule has 0 radical (unpaired) electrons. The van der Waals surface area contributed by atoms with Crippen LogP contribution in [0, 0.1) is 5.82 Å². The van der Waals surface area contributed by atoms with Crippen molar-refractivity contribution in [2.45, 2.75) is 30.5 Å². The van der Waals surface area contributed by atoms with Crippen LogP contribution in [0.4, 0.5) is 10.2 Å². The number of aliphatic hydroxyl groups is 3. The van der Waals surface area contributed by atoms with Gasteiger partial charge in [-0.1, -0.05) is 12.1 Å². The highest BCUT2D eigenvalue weighted by Crippen LogP contribution is 2.43. The molecule has 7 nitrogen and oxygen atoms in total. The fourth-order valence-corrected chi connectivity index (χ4v) is 4.21. The smallest absolute Gasteiger partial charge is 0.135 e. The molecule has 3 aromatic rings. The molecular weight excluding hydrogens is 361 g/mol. The Morgan fingerprint density at radius 1 is 1.15 bits per heavy atom. The Hall–Kier alpha value is -2.17. The molecule has 0 aliphatic carbocycles. The van der Waals surface area contributed by atoms with E-state index in [1.54, 1.807) is 5.38 Å². The number of benzene rings is 1. The Morgan fingerprint density at radius 2 is 1.88 bits per heavy atom. The highest BCUT2D eigenvalue weighted by atomic mass is 32.1. The molecule has 0 amide bonds. The quantitative estimate of drug-likeness (QED) is 0.543. The largest absolute Gasteiger partial charge is 0.387 e. The molecule has 3 heterocycles. The summed E-state index contributed by atoms with van der Waals surface area (Å²) in [6, 6.07) is 5.23. The second kappa shape index (κ2) is 6.53. The van der Waals surface area contributed by atoms with Gasteiger partial charge in [0.25, 0.3) is 0 Å². The van der Waals surface area contributed by atoms with E-state index in [1.165, 1.54) is 41.9 Å². The average molecular weight is 377 g/mol. The molecule has 9 heteroatoms. The molecule has 5 unspecified atom stereocenters. The summed E-state index contributed by atoms with van der Waals surface area (Å²) in [6.07, 6.45) is -4.43. The number of nitrogens with zero attached hydrogens (tertiary/aromatic N) is 2. The number of thiophene rings is 1. The fourth-order valence-electron chi connectivity index (χ4n) is 3.13. The van der Waals surface area contributed by atoms with Crippen LogP contribution < -0.4 is 5.73 Å². The van der Waals surface area contributed by atoms with Gasteiger partial charge in [-0.15, -0.1) is 11.3 Å². The minimum atomic E-state index is -1.32. The number of hydrogen-bond donors (Lipinski definition) is 4. The Kier molecular flexibility index (Phi) is 4.33. The minimum absolute atomic E-state index is 0.313. The van der Waals surface area contributed by atoms with Crippen molar-refractivity contribution >= 4 is 28.1 Å². The molecule has 0 saturated carbocycles. The zero-order valence-corrected chi connectivity index (χ0v) is 14.2. The summed E-state index contributed by atoms with van der Waals surface area (Å²) >= 11 is 1.28. The molecule has 2 aromatic heterocycles. The Labute approximate surface area is 151 Å². The first-order valence-corrected chi connectivity index (χ1v) is 8.78. The zero-order chi connectivity index (χ0) is 18.4. The highest BCUT2D eigenvalue weighted by Gasteiger charge is 2.48. The number of nitrogen functional groups attached to an aromatic ring is 1. The summed E-state index contributed by atoms with van der Waals surface area (Å²) in [7, 11) is 0. The van der Waals surface area contributed by atoms with E-state index in [1.807, 2.05) is 0 Å². The van der Waals surface area contributed by atoms with Gasteiger partial charge in [-0.2, -0.15) is 0 Å². The number of fused-ring (bicyclic) bond motifs is 1. The molecule has 0 spiro atoms. The Bertz CT molecular complexity index is 935. The summed E-state index contributed by atoms with van der Waals surface area (Å²) in [5.74, 6) is -0.123. The zero-order valence-electron chi connectivity index (χ0n) is 13.4. The molecule has 0 bridgehead atoms. The van der Waals surface area contributed by atoms with Crippen molar-refractivity contribution in [1.82, 2.24) is 9.97 Å². The molecule has 5 atom stereocenters. The van der Waals surface area contributed by atoms with Gasteiger partial charge < -0.3 is 25.8 Å². The molecular formula is C17H16FN3O4S. The molecule has 5 N–H and O–H groups in total. The lowest BCUT2D eigenvalue weighted by atomic mass is 9.98. The molecule has 1 aliphatic heterocycles. The average Bonchev–Trinajstić information content (AvgIpc) is 3.18. The lowest BCUT2D eigenvalue weighted by molar-refractivity contribution is -0.0668. The fraction of sp³-hybridized carbons (Fsp3) is 0.294. The van der Waals surface area contributed by atoms with Gasteiger partial charge in [-0.25, -0.2) is 14.4 Å². The van der Waals surface area contributed by atoms with E-state index in [0.29, 0.717) is 27.2 Å². The van der Waals surface area contributed by atoms with Crippen molar-refractivity contribution < 1.29 is 24.4 Å². The van der Waals surface area contributed by atoms with Crippen molar-refractivity contribution in [3.05, 3.63) is 52.2 Å². The third-order valence-electron chi connectivity index (χ3n) is 4.53. The lowest BCUT2D eigenvalue weighted by Gasteiger charge is -2.21. The number of aromatic nitrogens is 2. The van der Waals surface area contributed by atoms with Gasteiger partial charge in [0, 0.05) is 5.38 Å². The van der Waals surface area contributed by atoms with Crippen molar-refractivity contribution in [3.63, 3.8) is 0 Å². The van der Waals surface area contributed by atoms with Gasteiger partial charge in [0.1, 0.15) is 48.5 Å². The number of halogens is 1. The number of nitrogens with two attached hydrogens (primary N) is 1. The molecule has 1 aromatic carbocycles. The Balaban J connectivity index is 1.65. The highest BCUT2D eigenvalue weighted by molar-refractivity contribution is 7.11. The van der Waals surface area contributed by atoms with Crippen LogP contribution in [0.3, 0.4) is 0 Å². The molecule has 1 saturated heterocycles. The molecule has 26 heavy (non-hydrogen) atoms. The summed E-state index contributed by atoms with van der Waals surface area (Å²) in [5.41, 5.74) is 6.74. The summed E-state index contributed by atoms with van der Waals surface area (Å²) < 4.78 is 18.9. The second-order valence-corrected chi connectivity index (χ2v) is 7.03. The van der Waals surface area contributed by atoms with Gasteiger partial charge in [0.05, 0.1) is 15.8 Å². The van der Waals surface area contributed by atoms with E-state index in [4.69, 9.17) is 10.5 Å². The van der Waals surface area contributed by atoms with E-state index < -0.39 is 36.3 Å². The van der Waals surface area contributed by atoms with E-state index in [9.17, 15) is 19.7 Å². The van der Waals surface area contributed by atoms with Crippen molar-refractivity contribution in [2.24, 2.45) is 0 Å². The summed E-state index contributed by atoms with van der Waals surface area (Å²) in [5, 5.41) is 33.7. The van der Waals surface area contributed by atoms with Gasteiger partial charge in [-0.3, -0.25) is 0 Å². The topological polar surface area (TPSA) is 122 Å². The normalized spacial score (nSPS) is 27.1. The van der Waals surface area contributed by atoms with Crippen LogP contribution in [0.1, 0.15) is 22.6 Å². The molecule has 1 aliphatic rings. The molecule has 1 fully saturated rings. The van der Waals surface area contributed by atoms with Crippen molar-refractivity contribution in [2.75, 3.05) is 5.73 Å². The van der Waals surface area contributed by atoms with Crippen LogP contribution in [-0.2, 0) is 4.74 Å². The summed E-state index contributed by atoms with van der Waals surface area (Å²) in [4.78, 5) is 8.70. The second-order valence-electron chi connectivity index (χ2n) is 6.12. The third-order valence-corrected chi connectivity index (χ3v) is 5.57. The SMILES string of the molecule is Nc1ncnc2c(C3OC(C(O)c4ccc(F)cc4)C(O)C3O)scc12. The van der Waals surface area contributed by atoms with Gasteiger partial charge >= 0.3 is 0 Å². The van der Waals surface area contributed by atoms with Crippen LogP contribution in [0.5, 0.6) is 0 Å². The maximum atomic E-state index is 13.1. The van der Waals surface area contributed by atoms with Gasteiger partial charge in [0.2, 0.25) is 0 Å². The maximum Gasteiger partial charge on any atom is 0.135 e. The minimum Gasteiger partial charge on any atom is -0.387 e. The van der Waals surface area contributed by atoms with E-state index in [0.717, 1.165) is 0 Å². The number of rotatable bonds is 3. The van der Waals surface area contributed by atoms with Gasteiger partial charge in [-0.05, 0) is 17.7 Å². The first kappa shape index (κ1) is 17.3. The predicted octanol–water partition coefficient (Wildman–Crippen LogP) is 1.31. The molecule has 136 valence electrons. The third kappa shape index (κ3) is 2.74. The van der Waals surface area contributed by atoms with Gasteiger partial charge in [0.15, 0.2) is 0 Å². The number of aliphatic hydroxyl groups excluding tert-OH is 3. The summed E-state index contributed by atoms with van der Waals surface area (Å²) in [6.45, 7) is 0. The number of ether oxygens (including phenoxy) is 1. The Morgan fingerprint density at radius 3 is 2.62 bits per heavy atom. The van der Waals surface area contributed by atoms with E-state index in [2.05, 4.69) is 9.97 Å². The van der Waals surface area contributed by atoms with E-state index in [-0.39, 0.29) is 0 Å². The molecule has 4 rings (SSSR count). The van der Waals surface area contributed by atoms with Crippen molar-refractivity contribution in [1.29, 1.82) is 0 Å². The van der Waals surface area contributed by atoms with Crippen molar-refractivity contribution in [3.8, 4) is 0 Å².